The monoisotopic (exact) mass is 262 g/mol. The molecule has 1 unspecified atom stereocenters. The molecule has 104 valence electrons. The average Bonchev–Trinajstić information content (AvgIpc) is 2.39. The van der Waals surface area contributed by atoms with E-state index in [0.717, 1.165) is 6.42 Å². The Morgan fingerprint density at radius 3 is 2.47 bits per heavy atom. The van der Waals surface area contributed by atoms with Gasteiger partial charge in [-0.15, -0.1) is 0 Å². The van der Waals surface area contributed by atoms with Crippen molar-refractivity contribution in [3.05, 3.63) is 35.9 Å². The Kier molecular flexibility index (Phi) is 6.22. The Bertz CT molecular complexity index is 417. The highest BCUT2D eigenvalue weighted by atomic mass is 16.2. The third kappa shape index (κ3) is 5.66. The predicted molar refractivity (Wildman–Crippen MR) is 75.6 cm³/mol. The highest BCUT2D eigenvalue weighted by Crippen LogP contribution is 2.06. The van der Waals surface area contributed by atoms with Crippen LogP contribution in [0.25, 0.3) is 0 Å². The van der Waals surface area contributed by atoms with Crippen LogP contribution in [0.15, 0.2) is 30.3 Å². The van der Waals surface area contributed by atoms with E-state index in [0.29, 0.717) is 13.0 Å². The van der Waals surface area contributed by atoms with Crippen LogP contribution in [-0.4, -0.2) is 24.3 Å². The van der Waals surface area contributed by atoms with Gasteiger partial charge in [-0.1, -0.05) is 37.3 Å². The van der Waals surface area contributed by atoms with Crippen molar-refractivity contribution in [1.82, 2.24) is 5.32 Å². The number of rotatable bonds is 7. The summed E-state index contributed by atoms with van der Waals surface area (Å²) < 4.78 is 0. The molecule has 0 saturated carbocycles. The highest BCUT2D eigenvalue weighted by Gasteiger charge is 2.18. The van der Waals surface area contributed by atoms with Gasteiger partial charge in [-0.3, -0.25) is 9.59 Å². The molecule has 0 radical (unpaired) electrons. The molecule has 0 bridgehead atoms. The fourth-order valence-corrected chi connectivity index (χ4v) is 1.80. The van der Waals surface area contributed by atoms with Gasteiger partial charge < -0.3 is 11.1 Å². The summed E-state index contributed by atoms with van der Waals surface area (Å²) in [4.78, 5) is 22.9. The van der Waals surface area contributed by atoms with E-state index in [4.69, 9.17) is 5.73 Å². The minimum atomic E-state index is -0.546. The minimum Gasteiger partial charge on any atom is -0.356 e. The quantitative estimate of drug-likeness (QED) is 0.777. The summed E-state index contributed by atoms with van der Waals surface area (Å²) in [5.74, 6) is -0.369. The van der Waals surface area contributed by atoms with E-state index in [9.17, 15) is 9.59 Å². The molecular formula is C15H22N2O2. The van der Waals surface area contributed by atoms with Crippen LogP contribution in [0.5, 0.6) is 0 Å². The van der Waals surface area contributed by atoms with Crippen LogP contribution >= 0.6 is 0 Å². The van der Waals surface area contributed by atoms with Gasteiger partial charge in [0.2, 0.25) is 5.91 Å². The summed E-state index contributed by atoms with van der Waals surface area (Å²) >= 11 is 0. The van der Waals surface area contributed by atoms with Gasteiger partial charge in [-0.2, -0.15) is 0 Å². The van der Waals surface area contributed by atoms with Gasteiger partial charge in [0.05, 0.1) is 6.04 Å². The summed E-state index contributed by atoms with van der Waals surface area (Å²) in [7, 11) is 0. The molecule has 19 heavy (non-hydrogen) atoms. The van der Waals surface area contributed by atoms with Crippen molar-refractivity contribution in [1.29, 1.82) is 0 Å². The first-order valence-corrected chi connectivity index (χ1v) is 6.58. The normalized spacial score (nSPS) is 13.6. The first-order valence-electron chi connectivity index (χ1n) is 6.58. The van der Waals surface area contributed by atoms with Crippen molar-refractivity contribution in [2.24, 2.45) is 11.7 Å². The van der Waals surface area contributed by atoms with E-state index in [-0.39, 0.29) is 17.6 Å². The Hall–Kier alpha value is -1.68. The molecule has 0 aliphatic heterocycles. The fraction of sp³-hybridized carbons (Fsp3) is 0.467. The molecule has 0 aromatic heterocycles. The summed E-state index contributed by atoms with van der Waals surface area (Å²) in [6.07, 6.45) is 1.20. The van der Waals surface area contributed by atoms with Crippen molar-refractivity contribution in [3.63, 3.8) is 0 Å². The SMILES string of the molecule is CC(=O)[C@@H](N)CC(C)C(=O)NCCc1ccccc1. The summed E-state index contributed by atoms with van der Waals surface area (Å²) in [5, 5.41) is 2.87. The standard InChI is InChI=1S/C15H22N2O2/c1-11(10-14(16)12(2)18)15(19)17-9-8-13-6-4-3-5-7-13/h3-7,11,14H,8-10,16H2,1-2H3,(H,17,19)/t11?,14-/m0/s1. The van der Waals surface area contributed by atoms with Crippen LogP contribution in [0.1, 0.15) is 25.8 Å². The predicted octanol–water partition coefficient (Wildman–Crippen LogP) is 1.29. The Morgan fingerprint density at radius 1 is 1.26 bits per heavy atom. The molecule has 0 heterocycles. The van der Waals surface area contributed by atoms with Crippen LogP contribution in [0.4, 0.5) is 0 Å². The Balaban J connectivity index is 2.29. The summed E-state index contributed by atoms with van der Waals surface area (Å²) in [5.41, 5.74) is 6.84. The molecule has 4 nitrogen and oxygen atoms in total. The van der Waals surface area contributed by atoms with Crippen LogP contribution in [-0.2, 0) is 16.0 Å². The van der Waals surface area contributed by atoms with Crippen LogP contribution in [0, 0.1) is 5.92 Å². The summed E-state index contributed by atoms with van der Waals surface area (Å²) in [6.45, 7) is 3.84. The number of Topliss-reactive ketones (excluding diaryl/α,β-unsaturated/α-hetero) is 1. The largest absolute Gasteiger partial charge is 0.356 e. The number of amides is 1. The number of hydrogen-bond donors (Lipinski definition) is 2. The van der Waals surface area contributed by atoms with Crippen LogP contribution in [0.2, 0.25) is 0 Å². The van der Waals surface area contributed by atoms with E-state index in [1.165, 1.54) is 12.5 Å². The van der Waals surface area contributed by atoms with E-state index in [1.807, 2.05) is 30.3 Å². The third-order valence-corrected chi connectivity index (χ3v) is 3.13. The first kappa shape index (κ1) is 15.4. The lowest BCUT2D eigenvalue weighted by Gasteiger charge is -2.15. The Labute approximate surface area is 114 Å². The van der Waals surface area contributed by atoms with Crippen LogP contribution < -0.4 is 11.1 Å². The van der Waals surface area contributed by atoms with Crippen molar-refractivity contribution < 1.29 is 9.59 Å². The molecular weight excluding hydrogens is 240 g/mol. The number of benzene rings is 1. The zero-order valence-corrected chi connectivity index (χ0v) is 11.6. The zero-order valence-electron chi connectivity index (χ0n) is 11.6. The molecule has 1 aromatic carbocycles. The molecule has 4 heteroatoms. The van der Waals surface area contributed by atoms with Crippen molar-refractivity contribution in [2.75, 3.05) is 6.54 Å². The lowest BCUT2D eigenvalue weighted by molar-refractivity contribution is -0.125. The maximum atomic E-state index is 11.8. The van der Waals surface area contributed by atoms with Gasteiger partial charge in [0.25, 0.3) is 0 Å². The topological polar surface area (TPSA) is 72.2 Å². The van der Waals surface area contributed by atoms with Gasteiger partial charge in [0.1, 0.15) is 5.78 Å². The lowest BCUT2D eigenvalue weighted by atomic mass is 9.99. The van der Waals surface area contributed by atoms with E-state index >= 15 is 0 Å². The molecule has 0 fully saturated rings. The highest BCUT2D eigenvalue weighted by molar-refractivity contribution is 5.83. The molecule has 2 atom stereocenters. The van der Waals surface area contributed by atoms with Gasteiger partial charge in [-0.25, -0.2) is 0 Å². The molecule has 0 saturated heterocycles. The number of carbonyl (C=O) groups is 2. The third-order valence-electron chi connectivity index (χ3n) is 3.13. The number of nitrogens with one attached hydrogen (secondary N) is 1. The lowest BCUT2D eigenvalue weighted by Crippen LogP contribution is -2.37. The first-order chi connectivity index (χ1) is 9.00. The number of hydrogen-bond acceptors (Lipinski definition) is 3. The molecule has 0 aliphatic rings. The maximum Gasteiger partial charge on any atom is 0.222 e. The number of ketones is 1. The molecule has 1 amide bonds. The summed E-state index contributed by atoms with van der Waals surface area (Å²) in [6, 6.07) is 9.43. The average molecular weight is 262 g/mol. The van der Waals surface area contributed by atoms with Gasteiger partial charge in [0.15, 0.2) is 0 Å². The molecule has 1 rings (SSSR count). The number of nitrogens with two attached hydrogens (primary N) is 1. The van der Waals surface area contributed by atoms with Gasteiger partial charge >= 0.3 is 0 Å². The van der Waals surface area contributed by atoms with Crippen molar-refractivity contribution in [2.45, 2.75) is 32.7 Å². The van der Waals surface area contributed by atoms with E-state index in [1.54, 1.807) is 6.92 Å². The second-order valence-corrected chi connectivity index (χ2v) is 4.88. The Morgan fingerprint density at radius 2 is 1.89 bits per heavy atom. The zero-order chi connectivity index (χ0) is 14.3. The van der Waals surface area contributed by atoms with Crippen LogP contribution in [0.3, 0.4) is 0 Å². The van der Waals surface area contributed by atoms with E-state index < -0.39 is 6.04 Å². The molecule has 1 aromatic rings. The second kappa shape index (κ2) is 7.69. The fourth-order valence-electron chi connectivity index (χ4n) is 1.80. The van der Waals surface area contributed by atoms with E-state index in [2.05, 4.69) is 5.32 Å². The van der Waals surface area contributed by atoms with Crippen molar-refractivity contribution >= 4 is 11.7 Å². The second-order valence-electron chi connectivity index (χ2n) is 4.88. The van der Waals surface area contributed by atoms with Gasteiger partial charge in [-0.05, 0) is 25.3 Å². The smallest absolute Gasteiger partial charge is 0.222 e. The van der Waals surface area contributed by atoms with Gasteiger partial charge in [0, 0.05) is 12.5 Å². The molecule has 3 N–H and O–H groups in total. The molecule has 0 aliphatic carbocycles. The van der Waals surface area contributed by atoms with Crippen molar-refractivity contribution in [3.8, 4) is 0 Å². The molecule has 0 spiro atoms. The maximum absolute atomic E-state index is 11.8. The minimum absolute atomic E-state index is 0.0485. The number of carbonyl (C=O) groups excluding carboxylic acids is 2.